The van der Waals surface area contributed by atoms with Crippen molar-refractivity contribution in [3.63, 3.8) is 0 Å². The molecule has 0 bridgehead atoms. The Morgan fingerprint density at radius 3 is 3.06 bits per heavy atom. The largest absolute Gasteiger partial charge is 0.481 e. The average molecular weight is 248 g/mol. The predicted octanol–water partition coefficient (Wildman–Crippen LogP) is 1.74. The van der Waals surface area contributed by atoms with E-state index in [-0.39, 0.29) is 6.42 Å². The zero-order chi connectivity index (χ0) is 13.0. The van der Waals surface area contributed by atoms with E-state index in [0.717, 1.165) is 29.6 Å². The number of oxazole rings is 1. The third-order valence-electron chi connectivity index (χ3n) is 2.67. The fourth-order valence-electron chi connectivity index (χ4n) is 1.79. The van der Waals surface area contributed by atoms with E-state index >= 15 is 0 Å². The molecule has 0 aliphatic carbocycles. The van der Waals surface area contributed by atoms with E-state index in [2.05, 4.69) is 10.3 Å². The van der Waals surface area contributed by atoms with Gasteiger partial charge in [-0.3, -0.25) is 4.79 Å². The number of nitrogens with one attached hydrogen (secondary N) is 1. The summed E-state index contributed by atoms with van der Waals surface area (Å²) >= 11 is 0. The standard InChI is InChI=1S/C13H16N2O3/c1-9-15-11-3-2-10(8-12(11)18-9)4-6-14-7-5-13(16)17/h2-3,8,14H,4-7H2,1H3,(H,16,17). The van der Waals surface area contributed by atoms with Crippen molar-refractivity contribution in [1.82, 2.24) is 10.3 Å². The van der Waals surface area contributed by atoms with E-state index in [9.17, 15) is 4.79 Å². The van der Waals surface area contributed by atoms with Crippen molar-refractivity contribution in [2.75, 3.05) is 13.1 Å². The number of aromatic nitrogens is 1. The lowest BCUT2D eigenvalue weighted by Gasteiger charge is -2.03. The van der Waals surface area contributed by atoms with Crippen LogP contribution < -0.4 is 5.32 Å². The SMILES string of the molecule is Cc1nc2ccc(CCNCCC(=O)O)cc2o1. The van der Waals surface area contributed by atoms with Gasteiger partial charge in [0.05, 0.1) is 6.42 Å². The Morgan fingerprint density at radius 1 is 1.44 bits per heavy atom. The summed E-state index contributed by atoms with van der Waals surface area (Å²) in [6.07, 6.45) is 0.996. The van der Waals surface area contributed by atoms with Crippen LogP contribution in [-0.4, -0.2) is 29.1 Å². The second-order valence-corrected chi connectivity index (χ2v) is 4.18. The number of fused-ring (bicyclic) bond motifs is 1. The van der Waals surface area contributed by atoms with E-state index in [1.54, 1.807) is 0 Å². The Labute approximate surface area is 105 Å². The van der Waals surface area contributed by atoms with Gasteiger partial charge in [0, 0.05) is 13.5 Å². The molecule has 5 heteroatoms. The first-order chi connectivity index (χ1) is 8.65. The number of benzene rings is 1. The van der Waals surface area contributed by atoms with Crippen molar-refractivity contribution in [1.29, 1.82) is 0 Å². The summed E-state index contributed by atoms with van der Waals surface area (Å²) in [5.41, 5.74) is 2.83. The molecule has 0 saturated heterocycles. The summed E-state index contributed by atoms with van der Waals surface area (Å²) in [4.78, 5) is 14.6. The molecule has 0 aliphatic rings. The molecular weight excluding hydrogens is 232 g/mol. The van der Waals surface area contributed by atoms with Crippen LogP contribution in [0.3, 0.4) is 0 Å². The summed E-state index contributed by atoms with van der Waals surface area (Å²) < 4.78 is 5.46. The molecule has 0 spiro atoms. The van der Waals surface area contributed by atoms with Crippen LogP contribution >= 0.6 is 0 Å². The number of aryl methyl sites for hydroxylation is 1. The van der Waals surface area contributed by atoms with Crippen LogP contribution in [-0.2, 0) is 11.2 Å². The van der Waals surface area contributed by atoms with Gasteiger partial charge in [0.25, 0.3) is 0 Å². The van der Waals surface area contributed by atoms with Crippen LogP contribution in [0.1, 0.15) is 17.9 Å². The third-order valence-corrected chi connectivity index (χ3v) is 2.67. The zero-order valence-electron chi connectivity index (χ0n) is 10.3. The van der Waals surface area contributed by atoms with Crippen LogP contribution in [0, 0.1) is 6.92 Å². The molecule has 2 aromatic rings. The van der Waals surface area contributed by atoms with Gasteiger partial charge in [0.1, 0.15) is 5.52 Å². The molecule has 2 rings (SSSR count). The summed E-state index contributed by atoms with van der Waals surface area (Å²) in [6, 6.07) is 5.94. The number of carbonyl (C=O) groups is 1. The zero-order valence-corrected chi connectivity index (χ0v) is 10.3. The highest BCUT2D eigenvalue weighted by Gasteiger charge is 2.03. The molecule has 0 radical (unpaired) electrons. The second-order valence-electron chi connectivity index (χ2n) is 4.18. The molecule has 96 valence electrons. The lowest BCUT2D eigenvalue weighted by atomic mass is 10.1. The third kappa shape index (κ3) is 3.30. The van der Waals surface area contributed by atoms with Crippen molar-refractivity contribution >= 4 is 17.1 Å². The molecule has 1 heterocycles. The number of hydrogen-bond donors (Lipinski definition) is 2. The van der Waals surface area contributed by atoms with Crippen LogP contribution in [0.4, 0.5) is 0 Å². The molecule has 1 aromatic carbocycles. The highest BCUT2D eigenvalue weighted by Crippen LogP contribution is 2.16. The Balaban J connectivity index is 1.86. The maximum Gasteiger partial charge on any atom is 0.304 e. The van der Waals surface area contributed by atoms with Gasteiger partial charge < -0.3 is 14.8 Å². The molecule has 0 saturated carbocycles. The first kappa shape index (κ1) is 12.6. The van der Waals surface area contributed by atoms with Gasteiger partial charge in [0.2, 0.25) is 0 Å². The molecular formula is C13H16N2O3. The average Bonchev–Trinajstić information content (AvgIpc) is 2.67. The molecule has 5 nitrogen and oxygen atoms in total. The Bertz CT molecular complexity index is 548. The fraction of sp³-hybridized carbons (Fsp3) is 0.385. The Kier molecular flexibility index (Phi) is 3.94. The predicted molar refractivity (Wildman–Crippen MR) is 67.6 cm³/mol. The molecule has 0 unspecified atom stereocenters. The molecule has 0 fully saturated rings. The minimum Gasteiger partial charge on any atom is -0.481 e. The van der Waals surface area contributed by atoms with Crippen molar-refractivity contribution in [3.8, 4) is 0 Å². The van der Waals surface area contributed by atoms with Crippen LogP contribution in [0.25, 0.3) is 11.1 Å². The molecule has 0 amide bonds. The van der Waals surface area contributed by atoms with Crippen LogP contribution in [0.2, 0.25) is 0 Å². The van der Waals surface area contributed by atoms with Gasteiger partial charge in [-0.1, -0.05) is 6.07 Å². The van der Waals surface area contributed by atoms with Gasteiger partial charge >= 0.3 is 5.97 Å². The van der Waals surface area contributed by atoms with Gasteiger partial charge in [-0.2, -0.15) is 0 Å². The molecule has 1 aromatic heterocycles. The smallest absolute Gasteiger partial charge is 0.304 e. The first-order valence-corrected chi connectivity index (χ1v) is 5.94. The van der Waals surface area contributed by atoms with E-state index in [1.807, 2.05) is 25.1 Å². The van der Waals surface area contributed by atoms with Gasteiger partial charge in [-0.05, 0) is 30.7 Å². The quantitative estimate of drug-likeness (QED) is 0.762. The van der Waals surface area contributed by atoms with Gasteiger partial charge in [0.15, 0.2) is 11.5 Å². The Hall–Kier alpha value is -1.88. The van der Waals surface area contributed by atoms with E-state index < -0.39 is 5.97 Å². The van der Waals surface area contributed by atoms with Crippen molar-refractivity contribution in [2.24, 2.45) is 0 Å². The summed E-state index contributed by atoms with van der Waals surface area (Å²) in [5, 5.41) is 11.6. The maximum absolute atomic E-state index is 10.3. The Morgan fingerprint density at radius 2 is 2.28 bits per heavy atom. The normalized spacial score (nSPS) is 10.9. The fourth-order valence-corrected chi connectivity index (χ4v) is 1.79. The number of nitrogens with zero attached hydrogens (tertiary/aromatic N) is 1. The van der Waals surface area contributed by atoms with Crippen molar-refractivity contribution < 1.29 is 14.3 Å². The summed E-state index contributed by atoms with van der Waals surface area (Å²) in [6.45, 7) is 3.08. The lowest BCUT2D eigenvalue weighted by Crippen LogP contribution is -2.20. The minimum absolute atomic E-state index is 0.153. The maximum atomic E-state index is 10.3. The van der Waals surface area contributed by atoms with Crippen LogP contribution in [0.15, 0.2) is 22.6 Å². The van der Waals surface area contributed by atoms with E-state index in [0.29, 0.717) is 12.4 Å². The molecule has 2 N–H and O–H groups in total. The number of aliphatic carboxylic acids is 1. The monoisotopic (exact) mass is 248 g/mol. The van der Waals surface area contributed by atoms with Gasteiger partial charge in [-0.25, -0.2) is 4.98 Å². The summed E-state index contributed by atoms with van der Waals surface area (Å²) in [7, 11) is 0. The van der Waals surface area contributed by atoms with Crippen molar-refractivity contribution in [2.45, 2.75) is 19.8 Å². The summed E-state index contributed by atoms with van der Waals surface area (Å²) in [5.74, 6) is -0.109. The second kappa shape index (κ2) is 5.64. The molecule has 0 atom stereocenters. The first-order valence-electron chi connectivity index (χ1n) is 5.94. The molecule has 18 heavy (non-hydrogen) atoms. The number of hydrogen-bond acceptors (Lipinski definition) is 4. The number of rotatable bonds is 6. The van der Waals surface area contributed by atoms with Crippen molar-refractivity contribution in [3.05, 3.63) is 29.7 Å². The van der Waals surface area contributed by atoms with Gasteiger partial charge in [-0.15, -0.1) is 0 Å². The highest BCUT2D eigenvalue weighted by molar-refractivity contribution is 5.73. The molecule has 0 aliphatic heterocycles. The lowest BCUT2D eigenvalue weighted by molar-refractivity contribution is -0.136. The topological polar surface area (TPSA) is 75.4 Å². The number of carboxylic acids is 1. The van der Waals surface area contributed by atoms with Crippen LogP contribution in [0.5, 0.6) is 0 Å². The minimum atomic E-state index is -0.777. The van der Waals surface area contributed by atoms with E-state index in [1.165, 1.54) is 0 Å². The van der Waals surface area contributed by atoms with E-state index in [4.69, 9.17) is 9.52 Å². The number of carboxylic acid groups (broad SMARTS) is 1. The highest BCUT2D eigenvalue weighted by atomic mass is 16.4.